The Morgan fingerprint density at radius 1 is 1.29 bits per heavy atom. The Labute approximate surface area is 129 Å². The summed E-state index contributed by atoms with van der Waals surface area (Å²) in [6.07, 6.45) is 4.03. The van der Waals surface area contributed by atoms with Crippen LogP contribution in [-0.2, 0) is 6.54 Å². The maximum atomic E-state index is 10.00. The number of aliphatic hydroxyl groups is 1. The van der Waals surface area contributed by atoms with Crippen LogP contribution in [0.4, 0.5) is 5.82 Å². The molecule has 3 rings (SSSR count). The van der Waals surface area contributed by atoms with Crippen molar-refractivity contribution >= 4 is 17.2 Å². The first-order chi connectivity index (χ1) is 10.3. The van der Waals surface area contributed by atoms with Crippen molar-refractivity contribution in [1.29, 1.82) is 0 Å². The minimum Gasteiger partial charge on any atom is -0.387 e. The highest BCUT2D eigenvalue weighted by Gasteiger charge is 2.13. The number of rotatable bonds is 6. The molecule has 0 amide bonds. The van der Waals surface area contributed by atoms with Crippen LogP contribution in [0.1, 0.15) is 30.1 Å². The molecule has 2 N–H and O–H groups in total. The summed E-state index contributed by atoms with van der Waals surface area (Å²) in [5.74, 6) is 1.08. The minimum atomic E-state index is -0.437. The average molecular weight is 303 g/mol. The SMILES string of the molecule is OC(CNCc1ccc(N2CCCC2)nc1)c1ccsc1. The molecule has 0 aliphatic carbocycles. The molecular formula is C16H21N3OS. The number of pyridine rings is 1. The van der Waals surface area contributed by atoms with E-state index in [9.17, 15) is 5.11 Å². The fraction of sp³-hybridized carbons (Fsp3) is 0.438. The summed E-state index contributed by atoms with van der Waals surface area (Å²) in [5.41, 5.74) is 2.13. The lowest BCUT2D eigenvalue weighted by Crippen LogP contribution is -2.21. The van der Waals surface area contributed by atoms with Crippen molar-refractivity contribution in [3.8, 4) is 0 Å². The van der Waals surface area contributed by atoms with E-state index >= 15 is 0 Å². The predicted molar refractivity (Wildman–Crippen MR) is 86.7 cm³/mol. The third kappa shape index (κ3) is 3.81. The van der Waals surface area contributed by atoms with Gasteiger partial charge in [-0.15, -0.1) is 0 Å². The first-order valence-corrected chi connectivity index (χ1v) is 8.38. The molecule has 3 heterocycles. The van der Waals surface area contributed by atoms with Gasteiger partial charge in [-0.2, -0.15) is 11.3 Å². The van der Waals surface area contributed by atoms with Gasteiger partial charge in [0.05, 0.1) is 6.10 Å². The third-order valence-electron chi connectivity index (χ3n) is 3.83. The van der Waals surface area contributed by atoms with Gasteiger partial charge in [-0.3, -0.25) is 0 Å². The van der Waals surface area contributed by atoms with Crippen molar-refractivity contribution < 1.29 is 5.11 Å². The monoisotopic (exact) mass is 303 g/mol. The Balaban J connectivity index is 1.47. The molecule has 112 valence electrons. The second-order valence-corrected chi connectivity index (χ2v) is 6.20. The summed E-state index contributed by atoms with van der Waals surface area (Å²) in [6.45, 7) is 3.54. The molecule has 1 atom stereocenters. The van der Waals surface area contributed by atoms with E-state index in [-0.39, 0.29) is 0 Å². The lowest BCUT2D eigenvalue weighted by atomic mass is 10.2. The minimum absolute atomic E-state index is 0.437. The number of thiophene rings is 1. The van der Waals surface area contributed by atoms with Crippen molar-refractivity contribution in [2.24, 2.45) is 0 Å². The molecule has 2 aromatic heterocycles. The van der Waals surface area contributed by atoms with E-state index in [0.29, 0.717) is 6.54 Å². The number of aliphatic hydroxyl groups excluding tert-OH is 1. The smallest absolute Gasteiger partial charge is 0.128 e. The predicted octanol–water partition coefficient (Wildman–Crippen LogP) is 2.57. The maximum absolute atomic E-state index is 10.00. The number of anilines is 1. The fourth-order valence-corrected chi connectivity index (χ4v) is 3.30. The normalized spacial score (nSPS) is 16.3. The van der Waals surface area contributed by atoms with Gasteiger partial charge in [0.15, 0.2) is 0 Å². The molecule has 1 saturated heterocycles. The highest BCUT2D eigenvalue weighted by molar-refractivity contribution is 7.07. The second kappa shape index (κ2) is 7.02. The molecule has 21 heavy (non-hydrogen) atoms. The van der Waals surface area contributed by atoms with Crippen LogP contribution in [0.3, 0.4) is 0 Å². The molecule has 0 bridgehead atoms. The average Bonchev–Trinajstić information content (AvgIpc) is 3.21. The van der Waals surface area contributed by atoms with Crippen LogP contribution in [0, 0.1) is 0 Å². The van der Waals surface area contributed by atoms with Crippen LogP contribution in [0.2, 0.25) is 0 Å². The fourth-order valence-electron chi connectivity index (χ4n) is 2.59. The molecule has 1 aliphatic heterocycles. The van der Waals surface area contributed by atoms with E-state index in [4.69, 9.17) is 0 Å². The van der Waals surface area contributed by atoms with Gasteiger partial charge in [0, 0.05) is 32.4 Å². The number of aromatic nitrogens is 1. The Kier molecular flexibility index (Phi) is 4.85. The van der Waals surface area contributed by atoms with E-state index in [0.717, 1.165) is 36.6 Å². The van der Waals surface area contributed by atoms with Crippen LogP contribution >= 0.6 is 11.3 Å². The zero-order valence-corrected chi connectivity index (χ0v) is 12.9. The molecule has 0 saturated carbocycles. The Bertz CT molecular complexity index is 535. The Morgan fingerprint density at radius 3 is 2.81 bits per heavy atom. The summed E-state index contributed by atoms with van der Waals surface area (Å²) in [6, 6.07) is 6.17. The second-order valence-electron chi connectivity index (χ2n) is 5.42. The van der Waals surface area contributed by atoms with E-state index < -0.39 is 6.10 Å². The first kappa shape index (κ1) is 14.5. The summed E-state index contributed by atoms with van der Waals surface area (Å²) >= 11 is 1.61. The van der Waals surface area contributed by atoms with Gasteiger partial charge in [-0.1, -0.05) is 6.07 Å². The Hall–Kier alpha value is -1.43. The van der Waals surface area contributed by atoms with E-state index in [1.54, 1.807) is 11.3 Å². The number of hydrogen-bond donors (Lipinski definition) is 2. The van der Waals surface area contributed by atoms with E-state index in [1.165, 1.54) is 12.8 Å². The van der Waals surface area contributed by atoms with Gasteiger partial charge >= 0.3 is 0 Å². The van der Waals surface area contributed by atoms with Gasteiger partial charge in [0.2, 0.25) is 0 Å². The van der Waals surface area contributed by atoms with Crippen LogP contribution in [0.25, 0.3) is 0 Å². The summed E-state index contributed by atoms with van der Waals surface area (Å²) in [5, 5.41) is 17.2. The molecule has 1 unspecified atom stereocenters. The third-order valence-corrected chi connectivity index (χ3v) is 4.54. The topological polar surface area (TPSA) is 48.4 Å². The van der Waals surface area contributed by atoms with Crippen molar-refractivity contribution in [2.45, 2.75) is 25.5 Å². The lowest BCUT2D eigenvalue weighted by molar-refractivity contribution is 0.175. The van der Waals surface area contributed by atoms with Crippen LogP contribution < -0.4 is 10.2 Å². The van der Waals surface area contributed by atoms with Gasteiger partial charge in [-0.05, 0) is 46.9 Å². The maximum Gasteiger partial charge on any atom is 0.128 e. The van der Waals surface area contributed by atoms with Gasteiger partial charge in [0.25, 0.3) is 0 Å². The molecule has 4 nitrogen and oxygen atoms in total. The van der Waals surface area contributed by atoms with Gasteiger partial charge < -0.3 is 15.3 Å². The summed E-state index contributed by atoms with van der Waals surface area (Å²) < 4.78 is 0. The number of nitrogens with one attached hydrogen (secondary N) is 1. The van der Waals surface area contributed by atoms with E-state index in [2.05, 4.69) is 27.3 Å². The first-order valence-electron chi connectivity index (χ1n) is 7.44. The largest absolute Gasteiger partial charge is 0.387 e. The standard InChI is InChI=1S/C16H21N3OS/c20-15(14-5-8-21-12-14)11-17-9-13-3-4-16(18-10-13)19-6-1-2-7-19/h3-5,8,10,12,15,17,20H,1-2,6-7,9,11H2. The van der Waals surface area contributed by atoms with Crippen LogP contribution in [0.5, 0.6) is 0 Å². The van der Waals surface area contributed by atoms with Crippen LogP contribution in [-0.4, -0.2) is 29.7 Å². The zero-order valence-electron chi connectivity index (χ0n) is 12.0. The van der Waals surface area contributed by atoms with Crippen LogP contribution in [0.15, 0.2) is 35.2 Å². The van der Waals surface area contributed by atoms with Crippen molar-refractivity contribution in [3.63, 3.8) is 0 Å². The van der Waals surface area contributed by atoms with Crippen molar-refractivity contribution in [1.82, 2.24) is 10.3 Å². The molecular weight excluding hydrogens is 282 g/mol. The quantitative estimate of drug-likeness (QED) is 0.861. The molecule has 0 radical (unpaired) electrons. The molecule has 0 aromatic carbocycles. The number of nitrogens with zero attached hydrogens (tertiary/aromatic N) is 2. The molecule has 0 spiro atoms. The lowest BCUT2D eigenvalue weighted by Gasteiger charge is -2.16. The molecule has 1 aliphatic rings. The van der Waals surface area contributed by atoms with Gasteiger partial charge in [-0.25, -0.2) is 4.98 Å². The highest BCUT2D eigenvalue weighted by atomic mass is 32.1. The number of hydrogen-bond acceptors (Lipinski definition) is 5. The molecule has 1 fully saturated rings. The summed E-state index contributed by atoms with van der Waals surface area (Å²) in [7, 11) is 0. The van der Waals surface area contributed by atoms with E-state index in [1.807, 2.05) is 23.0 Å². The molecule has 2 aromatic rings. The highest BCUT2D eigenvalue weighted by Crippen LogP contribution is 2.18. The van der Waals surface area contributed by atoms with Crippen molar-refractivity contribution in [2.75, 3.05) is 24.5 Å². The van der Waals surface area contributed by atoms with Crippen molar-refractivity contribution in [3.05, 3.63) is 46.3 Å². The van der Waals surface area contributed by atoms with Gasteiger partial charge in [0.1, 0.15) is 5.82 Å². The molecule has 5 heteroatoms. The Morgan fingerprint density at radius 2 is 2.14 bits per heavy atom. The summed E-state index contributed by atoms with van der Waals surface area (Å²) in [4.78, 5) is 6.86. The zero-order chi connectivity index (χ0) is 14.5.